The van der Waals surface area contributed by atoms with Gasteiger partial charge in [-0.1, -0.05) is 6.08 Å². The van der Waals surface area contributed by atoms with Crippen LogP contribution >= 0.6 is 24.0 Å². The fraction of sp³-hybridized carbons (Fsp3) is 0.455. The van der Waals surface area contributed by atoms with Crippen LogP contribution in [-0.4, -0.2) is 29.4 Å². The molecule has 0 saturated heterocycles. The second-order valence-corrected chi connectivity index (χ2v) is 4.23. The van der Waals surface area contributed by atoms with Crippen LogP contribution in [0.15, 0.2) is 22.2 Å². The molecule has 0 unspecified atom stereocenters. The van der Waals surface area contributed by atoms with Gasteiger partial charge in [0, 0.05) is 27.7 Å². The highest BCUT2D eigenvalue weighted by Gasteiger charge is 2.29. The molecular formula is C11H17IN4O2. The van der Waals surface area contributed by atoms with Crippen LogP contribution in [-0.2, 0) is 14.1 Å². The third kappa shape index (κ3) is 1.96. The van der Waals surface area contributed by atoms with E-state index in [1.807, 2.05) is 16.8 Å². The van der Waals surface area contributed by atoms with Crippen molar-refractivity contribution in [1.82, 2.24) is 9.13 Å². The van der Waals surface area contributed by atoms with Crippen molar-refractivity contribution in [2.45, 2.75) is 0 Å². The zero-order valence-corrected chi connectivity index (χ0v) is 13.0. The number of hydrogen-bond acceptors (Lipinski definition) is 4. The summed E-state index contributed by atoms with van der Waals surface area (Å²) in [7, 11) is 5.01. The highest BCUT2D eigenvalue weighted by molar-refractivity contribution is 14.0. The Bertz CT molecular complexity index is 590. The molecule has 0 aromatic carbocycles. The molecule has 2 rings (SSSR count). The summed E-state index contributed by atoms with van der Waals surface area (Å²) >= 11 is 0. The lowest BCUT2D eigenvalue weighted by Crippen LogP contribution is -2.39. The van der Waals surface area contributed by atoms with Gasteiger partial charge in [-0.25, -0.2) is 4.79 Å². The van der Waals surface area contributed by atoms with Crippen molar-refractivity contribution in [3.8, 4) is 0 Å². The third-order valence-electron chi connectivity index (χ3n) is 3.02. The van der Waals surface area contributed by atoms with Crippen molar-refractivity contribution in [3.05, 3.63) is 33.5 Å². The summed E-state index contributed by atoms with van der Waals surface area (Å²) in [6, 6.07) is 0. The number of fused-ring (bicyclic) bond motifs is 1. The molecule has 1 aromatic rings. The van der Waals surface area contributed by atoms with Gasteiger partial charge in [0.05, 0.1) is 6.67 Å². The highest BCUT2D eigenvalue weighted by Crippen LogP contribution is 2.29. The monoisotopic (exact) mass is 364 g/mol. The highest BCUT2D eigenvalue weighted by atomic mass is 127. The molecule has 0 bridgehead atoms. The van der Waals surface area contributed by atoms with Crippen molar-refractivity contribution in [1.29, 1.82) is 0 Å². The number of nitrogens with zero attached hydrogens (tertiary/aromatic N) is 4. The average Bonchev–Trinajstić information content (AvgIpc) is 2.61. The van der Waals surface area contributed by atoms with Gasteiger partial charge in [0.25, 0.3) is 5.56 Å². The predicted octanol–water partition coefficient (Wildman–Crippen LogP) is 0.102. The Morgan fingerprint density at radius 2 is 1.83 bits per heavy atom. The maximum atomic E-state index is 12.0. The second-order valence-electron chi connectivity index (χ2n) is 4.23. The Balaban J connectivity index is 0.00000162. The summed E-state index contributed by atoms with van der Waals surface area (Å²) < 4.78 is 2.64. The van der Waals surface area contributed by atoms with E-state index in [0.29, 0.717) is 24.7 Å². The summed E-state index contributed by atoms with van der Waals surface area (Å²) in [5.41, 5.74) is 0.00623. The Morgan fingerprint density at radius 1 is 1.22 bits per heavy atom. The normalized spacial score (nSPS) is 13.3. The predicted molar refractivity (Wildman–Crippen MR) is 83.2 cm³/mol. The van der Waals surface area contributed by atoms with Gasteiger partial charge in [-0.2, -0.15) is 0 Å². The summed E-state index contributed by atoms with van der Waals surface area (Å²) in [5, 5.41) is 0. The summed E-state index contributed by atoms with van der Waals surface area (Å²) in [6.07, 6.45) is 1.75. The minimum atomic E-state index is -0.307. The van der Waals surface area contributed by atoms with E-state index in [0.717, 1.165) is 4.57 Å². The number of hydrogen-bond donors (Lipinski definition) is 0. The summed E-state index contributed by atoms with van der Waals surface area (Å²) in [5.74, 6) is 0.667. The Labute approximate surface area is 122 Å². The van der Waals surface area contributed by atoms with Crippen molar-refractivity contribution in [2.75, 3.05) is 30.1 Å². The lowest BCUT2D eigenvalue weighted by atomic mass is 10.4. The van der Waals surface area contributed by atoms with Crippen LogP contribution in [0.4, 0.5) is 11.5 Å². The van der Waals surface area contributed by atoms with E-state index in [1.165, 1.54) is 11.6 Å². The molecule has 6 nitrogen and oxygen atoms in total. The standard InChI is InChI=1S/C11H16N4O2.HI/c1-5-6-15-7-12(2)8-9(15)13(3)11(17)14(4)10(8)16;/h5H,1,6-7H2,2-4H3;1H. The van der Waals surface area contributed by atoms with Crippen molar-refractivity contribution >= 4 is 35.5 Å². The van der Waals surface area contributed by atoms with Gasteiger partial charge in [-0.15, -0.1) is 30.6 Å². The summed E-state index contributed by atoms with van der Waals surface area (Å²) in [4.78, 5) is 27.7. The lowest BCUT2D eigenvalue weighted by molar-refractivity contribution is 0.686. The first-order valence-corrected chi connectivity index (χ1v) is 5.36. The van der Waals surface area contributed by atoms with E-state index in [1.54, 1.807) is 13.1 Å². The first-order chi connectivity index (χ1) is 7.99. The van der Waals surface area contributed by atoms with E-state index in [9.17, 15) is 9.59 Å². The zero-order chi connectivity index (χ0) is 12.7. The molecule has 0 fully saturated rings. The molecule has 1 aliphatic heterocycles. The van der Waals surface area contributed by atoms with E-state index in [4.69, 9.17) is 0 Å². The minimum absolute atomic E-state index is 0. The first kappa shape index (κ1) is 14.8. The van der Waals surface area contributed by atoms with Gasteiger partial charge < -0.3 is 9.80 Å². The molecule has 0 amide bonds. The maximum absolute atomic E-state index is 12.0. The molecule has 100 valence electrons. The van der Waals surface area contributed by atoms with Crippen LogP contribution in [0.2, 0.25) is 0 Å². The topological polar surface area (TPSA) is 50.5 Å². The Morgan fingerprint density at radius 3 is 2.39 bits per heavy atom. The van der Waals surface area contributed by atoms with Gasteiger partial charge in [0.2, 0.25) is 0 Å². The SMILES string of the molecule is C=CCN1CN(C)c2c1n(C)c(=O)n(C)c2=O.I. The molecule has 0 spiro atoms. The van der Waals surface area contributed by atoms with Crippen LogP contribution in [0.25, 0.3) is 0 Å². The molecule has 2 heterocycles. The first-order valence-electron chi connectivity index (χ1n) is 5.36. The fourth-order valence-electron chi connectivity index (χ4n) is 2.21. The van der Waals surface area contributed by atoms with Crippen LogP contribution in [0.3, 0.4) is 0 Å². The van der Waals surface area contributed by atoms with Crippen LogP contribution in [0.1, 0.15) is 0 Å². The van der Waals surface area contributed by atoms with Crippen LogP contribution in [0.5, 0.6) is 0 Å². The average molecular weight is 364 g/mol. The number of anilines is 2. The molecule has 0 N–H and O–H groups in total. The number of aromatic nitrogens is 2. The van der Waals surface area contributed by atoms with Crippen molar-refractivity contribution in [2.24, 2.45) is 14.1 Å². The van der Waals surface area contributed by atoms with E-state index in [-0.39, 0.29) is 35.2 Å². The Hall–Kier alpha value is -1.25. The van der Waals surface area contributed by atoms with E-state index in [2.05, 4.69) is 6.58 Å². The smallest absolute Gasteiger partial charge is 0.332 e. The lowest BCUT2D eigenvalue weighted by Gasteiger charge is -2.18. The fourth-order valence-corrected chi connectivity index (χ4v) is 2.21. The van der Waals surface area contributed by atoms with Gasteiger partial charge in [0.15, 0.2) is 0 Å². The van der Waals surface area contributed by atoms with E-state index < -0.39 is 0 Å². The molecule has 1 aromatic heterocycles. The molecule has 0 aliphatic carbocycles. The van der Waals surface area contributed by atoms with Gasteiger partial charge in [-0.05, 0) is 0 Å². The van der Waals surface area contributed by atoms with Crippen molar-refractivity contribution in [3.63, 3.8) is 0 Å². The Kier molecular flexibility index (Phi) is 4.25. The van der Waals surface area contributed by atoms with Gasteiger partial charge >= 0.3 is 5.69 Å². The van der Waals surface area contributed by atoms with Gasteiger partial charge in [0.1, 0.15) is 11.5 Å². The largest absolute Gasteiger partial charge is 0.349 e. The zero-order valence-electron chi connectivity index (χ0n) is 10.7. The number of halogens is 1. The molecule has 18 heavy (non-hydrogen) atoms. The van der Waals surface area contributed by atoms with Crippen molar-refractivity contribution < 1.29 is 0 Å². The quantitative estimate of drug-likeness (QED) is 0.552. The minimum Gasteiger partial charge on any atom is -0.349 e. The second kappa shape index (κ2) is 5.17. The van der Waals surface area contributed by atoms with Crippen LogP contribution in [0, 0.1) is 0 Å². The molecule has 0 radical (unpaired) electrons. The molecule has 0 saturated carbocycles. The number of rotatable bonds is 2. The summed E-state index contributed by atoms with van der Waals surface area (Å²) in [6.45, 7) is 4.88. The molecule has 7 heteroatoms. The van der Waals surface area contributed by atoms with Gasteiger partial charge in [-0.3, -0.25) is 13.9 Å². The molecule has 0 atom stereocenters. The van der Waals surface area contributed by atoms with E-state index >= 15 is 0 Å². The maximum Gasteiger partial charge on any atom is 0.332 e. The van der Waals surface area contributed by atoms with Crippen LogP contribution < -0.4 is 21.0 Å². The third-order valence-corrected chi connectivity index (χ3v) is 3.02. The molecule has 1 aliphatic rings. The molecular weight excluding hydrogens is 347 g/mol.